The van der Waals surface area contributed by atoms with E-state index in [2.05, 4.69) is 10.3 Å². The van der Waals surface area contributed by atoms with Crippen molar-refractivity contribution < 1.29 is 38.2 Å². The van der Waals surface area contributed by atoms with Crippen LogP contribution >= 0.6 is 34.4 Å². The lowest BCUT2D eigenvalue weighted by atomic mass is 10.1. The highest BCUT2D eigenvalue weighted by molar-refractivity contribution is 8.00. The second-order valence-corrected chi connectivity index (χ2v) is 11.9. The molecule has 1 aliphatic rings. The first-order valence-electron chi connectivity index (χ1n) is 12.9. The molecule has 0 saturated heterocycles. The van der Waals surface area contributed by atoms with E-state index in [9.17, 15) is 24.0 Å². The second-order valence-electron chi connectivity index (χ2n) is 8.78. The molecule has 1 aliphatic carbocycles. The molecule has 218 valence electrons. The van der Waals surface area contributed by atoms with E-state index in [1.807, 2.05) is 0 Å². The Morgan fingerprint density at radius 2 is 1.78 bits per heavy atom. The van der Waals surface area contributed by atoms with Gasteiger partial charge in [0.05, 0.1) is 53.2 Å². The van der Waals surface area contributed by atoms with Gasteiger partial charge < -0.3 is 24.1 Å². The molecule has 14 heteroatoms. The van der Waals surface area contributed by atoms with Crippen LogP contribution in [0.4, 0.5) is 5.00 Å². The summed E-state index contributed by atoms with van der Waals surface area (Å²) < 4.78 is 17.2. The van der Waals surface area contributed by atoms with E-state index in [1.54, 1.807) is 36.6 Å². The number of benzene rings is 1. The lowest BCUT2D eigenvalue weighted by molar-refractivity contribution is -0.141. The molecule has 0 bridgehead atoms. The first kappa shape index (κ1) is 30.5. The molecule has 1 aromatic carbocycles. The van der Waals surface area contributed by atoms with E-state index >= 15 is 0 Å². The van der Waals surface area contributed by atoms with Gasteiger partial charge in [0.2, 0.25) is 5.91 Å². The van der Waals surface area contributed by atoms with Gasteiger partial charge in [0, 0.05) is 4.88 Å². The number of thiazole rings is 1. The molecule has 0 fully saturated rings. The predicted octanol–water partition coefficient (Wildman–Crippen LogP) is 3.58. The maximum absolute atomic E-state index is 12.7. The molecule has 0 radical (unpaired) electrons. The van der Waals surface area contributed by atoms with Gasteiger partial charge in [0.1, 0.15) is 11.5 Å². The monoisotopic (exact) mass is 619 g/mol. The van der Waals surface area contributed by atoms with Gasteiger partial charge in [-0.15, -0.1) is 23.1 Å². The van der Waals surface area contributed by atoms with Crippen molar-refractivity contribution in [2.45, 2.75) is 39.7 Å². The lowest BCUT2D eigenvalue weighted by Crippen LogP contribution is -2.23. The average molecular weight is 620 g/mol. The summed E-state index contributed by atoms with van der Waals surface area (Å²) in [6.45, 7) is 3.74. The molecule has 0 saturated carbocycles. The molecule has 2 amide bonds. The van der Waals surface area contributed by atoms with Crippen LogP contribution in [0.25, 0.3) is 10.2 Å². The molecular formula is C27H29N3O8S3. The highest BCUT2D eigenvalue weighted by Crippen LogP contribution is 2.39. The number of amides is 2. The third-order valence-electron chi connectivity index (χ3n) is 6.04. The SMILES string of the molecule is CCOC(=O)c1ccc2c(c1)sc(=NC(=O)CSCC(=O)Nc1sc3c(c1C(=O)OCC)CCC3)n2CC(=O)OC. The zero-order chi connectivity index (χ0) is 29.5. The van der Waals surface area contributed by atoms with Crippen LogP contribution in [0.1, 0.15) is 51.4 Å². The van der Waals surface area contributed by atoms with Crippen LogP contribution in [0.15, 0.2) is 23.2 Å². The van der Waals surface area contributed by atoms with Gasteiger partial charge in [0.15, 0.2) is 4.80 Å². The maximum Gasteiger partial charge on any atom is 0.341 e. The van der Waals surface area contributed by atoms with Crippen LogP contribution < -0.4 is 10.1 Å². The zero-order valence-electron chi connectivity index (χ0n) is 22.8. The minimum absolute atomic E-state index is 0.0242. The van der Waals surface area contributed by atoms with Crippen molar-refractivity contribution in [2.75, 3.05) is 37.1 Å². The number of methoxy groups -OCH3 is 1. The molecule has 11 nitrogen and oxygen atoms in total. The van der Waals surface area contributed by atoms with Gasteiger partial charge >= 0.3 is 17.9 Å². The van der Waals surface area contributed by atoms with Crippen LogP contribution in [0, 0.1) is 0 Å². The fourth-order valence-corrected chi connectivity index (χ4v) is 7.27. The van der Waals surface area contributed by atoms with Crippen molar-refractivity contribution in [3.63, 3.8) is 0 Å². The summed E-state index contributed by atoms with van der Waals surface area (Å²) in [5.41, 5.74) is 2.32. The molecule has 41 heavy (non-hydrogen) atoms. The van der Waals surface area contributed by atoms with Gasteiger partial charge in [-0.05, 0) is 56.9 Å². The number of anilines is 1. The van der Waals surface area contributed by atoms with E-state index in [4.69, 9.17) is 14.2 Å². The molecule has 0 spiro atoms. The highest BCUT2D eigenvalue weighted by Gasteiger charge is 2.28. The number of carbonyl (C=O) groups is 5. The molecule has 0 atom stereocenters. The van der Waals surface area contributed by atoms with Crippen molar-refractivity contribution in [3.05, 3.63) is 44.6 Å². The van der Waals surface area contributed by atoms with Gasteiger partial charge in [-0.3, -0.25) is 14.4 Å². The van der Waals surface area contributed by atoms with Crippen molar-refractivity contribution in [3.8, 4) is 0 Å². The number of thioether (sulfide) groups is 1. The Morgan fingerprint density at radius 3 is 2.51 bits per heavy atom. The van der Waals surface area contributed by atoms with Crippen molar-refractivity contribution in [2.24, 2.45) is 4.99 Å². The smallest absolute Gasteiger partial charge is 0.341 e. The Hall–Kier alpha value is -3.49. The van der Waals surface area contributed by atoms with E-state index in [0.29, 0.717) is 26.3 Å². The number of hydrogen-bond donors (Lipinski definition) is 1. The summed E-state index contributed by atoms with van der Waals surface area (Å²) in [4.78, 5) is 67.6. The fourth-order valence-electron chi connectivity index (χ4n) is 4.29. The molecule has 4 rings (SSSR count). The number of aryl methyl sites for hydroxylation is 1. The number of fused-ring (bicyclic) bond motifs is 2. The number of aromatic nitrogens is 1. The second kappa shape index (κ2) is 13.9. The summed E-state index contributed by atoms with van der Waals surface area (Å²) in [6.07, 6.45) is 2.61. The number of thiophene rings is 1. The Balaban J connectivity index is 1.45. The molecule has 2 heterocycles. The largest absolute Gasteiger partial charge is 0.468 e. The third-order valence-corrected chi connectivity index (χ3v) is 9.21. The Bertz CT molecular complexity index is 1570. The lowest BCUT2D eigenvalue weighted by Gasteiger charge is -2.07. The average Bonchev–Trinajstić information content (AvgIpc) is 3.61. The molecule has 0 aliphatic heterocycles. The molecular weight excluding hydrogens is 591 g/mol. The topological polar surface area (TPSA) is 142 Å². The molecule has 2 aromatic heterocycles. The highest BCUT2D eigenvalue weighted by atomic mass is 32.2. The predicted molar refractivity (Wildman–Crippen MR) is 157 cm³/mol. The molecule has 3 aromatic rings. The summed E-state index contributed by atoms with van der Waals surface area (Å²) in [5, 5.41) is 3.28. The number of rotatable bonds is 11. The van der Waals surface area contributed by atoms with Crippen molar-refractivity contribution in [1.82, 2.24) is 4.57 Å². The van der Waals surface area contributed by atoms with E-state index in [-0.39, 0.29) is 42.0 Å². The normalized spacial score (nSPS) is 12.7. The van der Waals surface area contributed by atoms with E-state index in [0.717, 1.165) is 52.8 Å². The van der Waals surface area contributed by atoms with Crippen molar-refractivity contribution >= 4 is 79.4 Å². The van der Waals surface area contributed by atoms with Gasteiger partial charge in [-0.1, -0.05) is 11.3 Å². The Labute approximate surface area is 247 Å². The maximum atomic E-state index is 12.7. The molecule has 1 N–H and O–H groups in total. The van der Waals surface area contributed by atoms with Gasteiger partial charge in [-0.25, -0.2) is 9.59 Å². The molecule has 0 unspecified atom stereocenters. The first-order valence-corrected chi connectivity index (χ1v) is 15.7. The van der Waals surface area contributed by atoms with Gasteiger partial charge in [0.25, 0.3) is 5.91 Å². The summed E-state index contributed by atoms with van der Waals surface area (Å²) in [6, 6.07) is 4.87. The first-order chi connectivity index (χ1) is 19.7. The van der Waals surface area contributed by atoms with Crippen molar-refractivity contribution in [1.29, 1.82) is 0 Å². The summed E-state index contributed by atoms with van der Waals surface area (Å²) in [7, 11) is 1.26. The number of esters is 3. The Morgan fingerprint density at radius 1 is 1.02 bits per heavy atom. The zero-order valence-corrected chi connectivity index (χ0v) is 25.2. The number of carbonyl (C=O) groups excluding carboxylic acids is 5. The number of ether oxygens (including phenoxy) is 3. The van der Waals surface area contributed by atoms with Crippen LogP contribution in [0.3, 0.4) is 0 Å². The number of nitrogens with zero attached hydrogens (tertiary/aromatic N) is 2. The minimum Gasteiger partial charge on any atom is -0.468 e. The number of hydrogen-bond acceptors (Lipinski definition) is 11. The van der Waals surface area contributed by atoms with E-state index in [1.165, 1.54) is 18.4 Å². The standard InChI is InChI=1S/C27H29N3O8S3/c1-4-37-25(34)15-9-10-17-19(11-15)41-27(30(17)12-22(33)36-3)29-21(32)14-39-13-20(31)28-24-23(26(35)38-5-2)16-7-6-8-18(16)40-24/h9-11H,4-8,12-14H2,1-3H3,(H,28,31). The quantitative estimate of drug-likeness (QED) is 0.252. The van der Waals surface area contributed by atoms with Crippen LogP contribution in [0.5, 0.6) is 0 Å². The summed E-state index contributed by atoms with van der Waals surface area (Å²) >= 11 is 3.62. The van der Waals surface area contributed by atoms with Crippen LogP contribution in [-0.2, 0) is 48.0 Å². The van der Waals surface area contributed by atoms with E-state index < -0.39 is 23.8 Å². The third kappa shape index (κ3) is 7.24. The Kier molecular flexibility index (Phi) is 10.3. The minimum atomic E-state index is -0.527. The van der Waals surface area contributed by atoms with Gasteiger partial charge in [-0.2, -0.15) is 4.99 Å². The fraction of sp³-hybridized carbons (Fsp3) is 0.407. The summed E-state index contributed by atoms with van der Waals surface area (Å²) in [5.74, 6) is -2.40. The number of nitrogens with one attached hydrogen (secondary N) is 1. The van der Waals surface area contributed by atoms with Crippen LogP contribution in [0.2, 0.25) is 0 Å². The van der Waals surface area contributed by atoms with Crippen LogP contribution in [-0.4, -0.2) is 66.1 Å².